The number of aromatic carboxylic acids is 1. The third kappa shape index (κ3) is 3.92. The molecule has 1 saturated carbocycles. The van der Waals surface area contributed by atoms with Crippen molar-refractivity contribution >= 4 is 11.9 Å². The maximum absolute atomic E-state index is 13.0. The Morgan fingerprint density at radius 1 is 1.24 bits per heavy atom. The lowest BCUT2D eigenvalue weighted by molar-refractivity contribution is 0.0644. The predicted molar refractivity (Wildman–Crippen MR) is 93.6 cm³/mol. The van der Waals surface area contributed by atoms with Crippen LogP contribution >= 0.6 is 0 Å². The molecule has 1 aromatic heterocycles. The van der Waals surface area contributed by atoms with Crippen LogP contribution in [0.2, 0.25) is 0 Å². The summed E-state index contributed by atoms with van der Waals surface area (Å²) in [5.41, 5.74) is 1.13. The molecule has 5 heteroatoms. The van der Waals surface area contributed by atoms with Gasteiger partial charge in [0.1, 0.15) is 11.3 Å². The van der Waals surface area contributed by atoms with Crippen LogP contribution in [0.15, 0.2) is 40.8 Å². The second kappa shape index (κ2) is 7.55. The maximum Gasteiger partial charge on any atom is 0.339 e. The molecule has 1 N–H and O–H groups in total. The number of rotatable bonds is 7. The molecule has 5 nitrogen and oxygen atoms in total. The van der Waals surface area contributed by atoms with Gasteiger partial charge >= 0.3 is 5.97 Å². The predicted octanol–water partition coefficient (Wildman–Crippen LogP) is 3.98. The quantitative estimate of drug-likeness (QED) is 0.827. The first kappa shape index (κ1) is 17.3. The van der Waals surface area contributed by atoms with Crippen LogP contribution < -0.4 is 0 Å². The highest BCUT2D eigenvalue weighted by molar-refractivity contribution is 5.96. The number of carboxylic acid groups (broad SMARTS) is 1. The molecule has 1 amide bonds. The van der Waals surface area contributed by atoms with Crippen molar-refractivity contribution in [3.05, 3.63) is 59.0 Å². The maximum atomic E-state index is 13.0. The van der Waals surface area contributed by atoms with Crippen molar-refractivity contribution in [2.45, 2.75) is 39.2 Å². The Balaban J connectivity index is 1.83. The molecule has 0 saturated heterocycles. The summed E-state index contributed by atoms with van der Waals surface area (Å²) < 4.78 is 5.57. The van der Waals surface area contributed by atoms with Gasteiger partial charge in [-0.1, -0.05) is 43.7 Å². The monoisotopic (exact) mass is 341 g/mol. The smallest absolute Gasteiger partial charge is 0.339 e. The Hall–Kier alpha value is -2.56. The number of hydrogen-bond acceptors (Lipinski definition) is 3. The van der Waals surface area contributed by atoms with E-state index in [1.165, 1.54) is 12.5 Å². The van der Waals surface area contributed by atoms with E-state index in [-0.39, 0.29) is 17.2 Å². The number of hydrogen-bond donors (Lipinski definition) is 1. The molecule has 0 aliphatic heterocycles. The van der Waals surface area contributed by atoms with Gasteiger partial charge in [0.05, 0.1) is 0 Å². The van der Waals surface area contributed by atoms with E-state index >= 15 is 0 Å². The molecule has 1 aromatic carbocycles. The molecule has 25 heavy (non-hydrogen) atoms. The topological polar surface area (TPSA) is 70.8 Å². The first-order valence-electron chi connectivity index (χ1n) is 8.77. The first-order valence-corrected chi connectivity index (χ1v) is 8.77. The summed E-state index contributed by atoms with van der Waals surface area (Å²) in [5.74, 6) is -0.318. The molecule has 2 aromatic rings. The molecule has 3 rings (SSSR count). The average molecular weight is 341 g/mol. The van der Waals surface area contributed by atoms with Gasteiger partial charge in [-0.15, -0.1) is 0 Å². The second-order valence-electron chi connectivity index (χ2n) is 6.57. The first-order chi connectivity index (χ1) is 12.1. The standard InChI is InChI=1S/C20H23NO4/c1-2-17-16(20(23)24)11-18(25-17)19(22)21(13-15-9-6-10-15)12-14-7-4-3-5-8-14/h3-5,7-8,11,15H,2,6,9-10,12-13H2,1H3,(H,23,24). The van der Waals surface area contributed by atoms with Gasteiger partial charge in [-0.05, 0) is 24.3 Å². The summed E-state index contributed by atoms with van der Waals surface area (Å²) >= 11 is 0. The van der Waals surface area contributed by atoms with Crippen molar-refractivity contribution in [3.8, 4) is 0 Å². The summed E-state index contributed by atoms with van der Waals surface area (Å²) in [5, 5.41) is 9.27. The summed E-state index contributed by atoms with van der Waals surface area (Å²) in [6, 6.07) is 11.2. The SMILES string of the molecule is CCc1oc(C(=O)N(Cc2ccccc2)CC2CCC2)cc1C(=O)O. The molecule has 0 radical (unpaired) electrons. The molecular weight excluding hydrogens is 318 g/mol. The van der Waals surface area contributed by atoms with Gasteiger partial charge in [-0.25, -0.2) is 4.79 Å². The fourth-order valence-electron chi connectivity index (χ4n) is 3.14. The number of carboxylic acids is 1. The van der Waals surface area contributed by atoms with Crippen molar-refractivity contribution in [1.29, 1.82) is 0 Å². The summed E-state index contributed by atoms with van der Waals surface area (Å²) in [7, 11) is 0. The number of furan rings is 1. The van der Waals surface area contributed by atoms with Crippen LogP contribution in [0.1, 0.15) is 58.4 Å². The van der Waals surface area contributed by atoms with E-state index < -0.39 is 5.97 Å². The minimum absolute atomic E-state index is 0.0779. The van der Waals surface area contributed by atoms with Crippen LogP contribution in [0.25, 0.3) is 0 Å². The zero-order chi connectivity index (χ0) is 17.8. The van der Waals surface area contributed by atoms with E-state index in [1.54, 1.807) is 4.90 Å². The van der Waals surface area contributed by atoms with Gasteiger partial charge in [0.15, 0.2) is 5.76 Å². The van der Waals surface area contributed by atoms with E-state index in [0.29, 0.717) is 31.2 Å². The van der Waals surface area contributed by atoms with Gasteiger partial charge in [0, 0.05) is 25.6 Å². The highest BCUT2D eigenvalue weighted by Gasteiger charge is 2.28. The van der Waals surface area contributed by atoms with Crippen LogP contribution in [-0.4, -0.2) is 28.4 Å². The molecule has 0 atom stereocenters. The average Bonchev–Trinajstić information content (AvgIpc) is 3.02. The number of carbonyl (C=O) groups is 2. The molecule has 1 aliphatic rings. The number of carbonyl (C=O) groups excluding carboxylic acids is 1. The third-order valence-electron chi connectivity index (χ3n) is 4.78. The van der Waals surface area contributed by atoms with Crippen LogP contribution in [0.4, 0.5) is 0 Å². The van der Waals surface area contributed by atoms with Gasteiger partial charge in [-0.3, -0.25) is 4.79 Å². The van der Waals surface area contributed by atoms with Gasteiger partial charge < -0.3 is 14.4 Å². The van der Waals surface area contributed by atoms with E-state index in [9.17, 15) is 14.7 Å². The summed E-state index contributed by atoms with van der Waals surface area (Å²) in [6.45, 7) is 2.99. The van der Waals surface area contributed by atoms with Crippen LogP contribution in [0.5, 0.6) is 0 Å². The molecule has 1 heterocycles. The molecular formula is C20H23NO4. The molecule has 0 spiro atoms. The molecule has 0 unspecified atom stereocenters. The van der Waals surface area contributed by atoms with Crippen LogP contribution in [0, 0.1) is 5.92 Å². The third-order valence-corrected chi connectivity index (χ3v) is 4.78. The molecule has 132 valence electrons. The minimum atomic E-state index is -1.06. The molecule has 0 bridgehead atoms. The summed E-state index contributed by atoms with van der Waals surface area (Å²) in [4.78, 5) is 26.1. The Labute approximate surface area is 147 Å². The van der Waals surface area contributed by atoms with Crippen molar-refractivity contribution in [3.63, 3.8) is 0 Å². The van der Waals surface area contributed by atoms with Crippen LogP contribution in [-0.2, 0) is 13.0 Å². The number of amides is 1. The van der Waals surface area contributed by atoms with Crippen molar-refractivity contribution < 1.29 is 19.1 Å². The van der Waals surface area contributed by atoms with Gasteiger partial charge in [-0.2, -0.15) is 0 Å². The van der Waals surface area contributed by atoms with Crippen molar-refractivity contribution in [1.82, 2.24) is 4.90 Å². The fourth-order valence-corrected chi connectivity index (χ4v) is 3.14. The zero-order valence-corrected chi connectivity index (χ0v) is 14.4. The molecule has 1 fully saturated rings. The minimum Gasteiger partial charge on any atom is -0.478 e. The van der Waals surface area contributed by atoms with Crippen molar-refractivity contribution in [2.24, 2.45) is 5.92 Å². The van der Waals surface area contributed by atoms with Crippen molar-refractivity contribution in [2.75, 3.05) is 6.54 Å². The summed E-state index contributed by atoms with van der Waals surface area (Å²) in [6.07, 6.45) is 3.92. The molecule has 1 aliphatic carbocycles. The fraction of sp³-hybridized carbons (Fsp3) is 0.400. The number of nitrogens with zero attached hydrogens (tertiary/aromatic N) is 1. The lowest BCUT2D eigenvalue weighted by atomic mass is 9.85. The largest absolute Gasteiger partial charge is 0.478 e. The Morgan fingerprint density at radius 3 is 2.48 bits per heavy atom. The highest BCUT2D eigenvalue weighted by Crippen LogP contribution is 2.28. The Morgan fingerprint density at radius 2 is 1.96 bits per heavy atom. The van der Waals surface area contributed by atoms with Gasteiger partial charge in [0.2, 0.25) is 0 Å². The van der Waals surface area contributed by atoms with E-state index in [4.69, 9.17) is 4.42 Å². The zero-order valence-electron chi connectivity index (χ0n) is 14.4. The van der Waals surface area contributed by atoms with E-state index in [1.807, 2.05) is 37.3 Å². The number of benzene rings is 1. The normalized spacial score (nSPS) is 14.1. The number of aryl methyl sites for hydroxylation is 1. The lowest BCUT2D eigenvalue weighted by Crippen LogP contribution is -2.36. The van der Waals surface area contributed by atoms with E-state index in [0.717, 1.165) is 18.4 Å². The van der Waals surface area contributed by atoms with E-state index in [2.05, 4.69) is 0 Å². The van der Waals surface area contributed by atoms with Crippen LogP contribution in [0.3, 0.4) is 0 Å². The lowest BCUT2D eigenvalue weighted by Gasteiger charge is -2.32. The Bertz CT molecular complexity index is 746. The van der Waals surface area contributed by atoms with Gasteiger partial charge in [0.25, 0.3) is 5.91 Å². The Kier molecular flexibility index (Phi) is 5.22. The second-order valence-corrected chi connectivity index (χ2v) is 6.57. The highest BCUT2D eigenvalue weighted by atomic mass is 16.4.